The molecular formula is C20H15ClN2OS. The number of thiazole rings is 1. The molecule has 0 aliphatic heterocycles. The Morgan fingerprint density at radius 2 is 1.76 bits per heavy atom. The highest BCUT2D eigenvalue weighted by molar-refractivity contribution is 7.15. The van der Waals surface area contributed by atoms with E-state index in [2.05, 4.69) is 26.0 Å². The van der Waals surface area contributed by atoms with E-state index in [0.717, 1.165) is 33.8 Å². The van der Waals surface area contributed by atoms with E-state index in [1.807, 2.05) is 40.1 Å². The van der Waals surface area contributed by atoms with Gasteiger partial charge in [-0.3, -0.25) is 9.20 Å². The van der Waals surface area contributed by atoms with Gasteiger partial charge in [-0.05, 0) is 48.7 Å². The molecule has 2 aromatic heterocycles. The van der Waals surface area contributed by atoms with Crippen LogP contribution in [0.4, 0.5) is 0 Å². The molecule has 0 saturated carbocycles. The summed E-state index contributed by atoms with van der Waals surface area (Å²) in [4.78, 5) is 17.4. The molecule has 124 valence electrons. The quantitative estimate of drug-likeness (QED) is 0.428. The van der Waals surface area contributed by atoms with Crippen LogP contribution in [0, 0.1) is 13.8 Å². The van der Waals surface area contributed by atoms with Crippen molar-refractivity contribution in [3.63, 3.8) is 0 Å². The molecule has 0 N–H and O–H groups in total. The van der Waals surface area contributed by atoms with Gasteiger partial charge in [0.1, 0.15) is 11.4 Å². The molecule has 0 radical (unpaired) electrons. The molecule has 25 heavy (non-hydrogen) atoms. The van der Waals surface area contributed by atoms with Crippen LogP contribution >= 0.6 is 22.9 Å². The van der Waals surface area contributed by atoms with Crippen molar-refractivity contribution in [1.82, 2.24) is 9.38 Å². The highest BCUT2D eigenvalue weighted by atomic mass is 35.5. The van der Waals surface area contributed by atoms with Crippen molar-refractivity contribution in [2.45, 2.75) is 13.8 Å². The molecule has 0 fully saturated rings. The number of rotatable bonds is 3. The zero-order chi connectivity index (χ0) is 17.6. The fourth-order valence-electron chi connectivity index (χ4n) is 2.91. The van der Waals surface area contributed by atoms with Crippen molar-refractivity contribution < 1.29 is 4.79 Å². The highest BCUT2D eigenvalue weighted by Crippen LogP contribution is 2.33. The maximum absolute atomic E-state index is 11.9. The molecule has 0 saturated heterocycles. The monoisotopic (exact) mass is 366 g/mol. The molecule has 0 bridgehead atoms. The molecule has 0 amide bonds. The first kappa shape index (κ1) is 16.1. The molecule has 0 unspecified atom stereocenters. The Hall–Kier alpha value is -2.43. The topological polar surface area (TPSA) is 34.4 Å². The first-order valence-corrected chi connectivity index (χ1v) is 9.13. The molecule has 5 heteroatoms. The van der Waals surface area contributed by atoms with E-state index in [9.17, 15) is 4.79 Å². The van der Waals surface area contributed by atoms with Crippen LogP contribution in [0.3, 0.4) is 0 Å². The second-order valence-electron chi connectivity index (χ2n) is 6.01. The predicted molar refractivity (Wildman–Crippen MR) is 104 cm³/mol. The smallest absolute Gasteiger partial charge is 0.195 e. The molecule has 3 nitrogen and oxygen atoms in total. The maximum Gasteiger partial charge on any atom is 0.195 e. The van der Waals surface area contributed by atoms with Crippen molar-refractivity contribution in [2.24, 2.45) is 0 Å². The number of hydrogen-bond acceptors (Lipinski definition) is 3. The highest BCUT2D eigenvalue weighted by Gasteiger charge is 2.18. The van der Waals surface area contributed by atoms with Crippen molar-refractivity contribution >= 4 is 34.2 Å². The molecule has 4 rings (SSSR count). The third-order valence-corrected chi connectivity index (χ3v) is 5.51. The van der Waals surface area contributed by atoms with E-state index in [-0.39, 0.29) is 0 Å². The van der Waals surface area contributed by atoms with Crippen LogP contribution in [-0.2, 0) is 0 Å². The summed E-state index contributed by atoms with van der Waals surface area (Å²) in [5.41, 5.74) is 6.61. The van der Waals surface area contributed by atoms with Gasteiger partial charge in [0.15, 0.2) is 11.2 Å². The van der Waals surface area contributed by atoms with Gasteiger partial charge in [-0.15, -0.1) is 11.3 Å². The van der Waals surface area contributed by atoms with Crippen molar-refractivity contribution in [1.29, 1.82) is 0 Å². The molecule has 2 aromatic carbocycles. The summed E-state index contributed by atoms with van der Waals surface area (Å²) < 4.78 is 1.92. The second-order valence-corrected chi connectivity index (χ2v) is 7.28. The molecular weight excluding hydrogens is 352 g/mol. The van der Waals surface area contributed by atoms with Crippen LogP contribution in [0.5, 0.6) is 0 Å². The van der Waals surface area contributed by atoms with Gasteiger partial charge in [0.2, 0.25) is 0 Å². The lowest BCUT2D eigenvalue weighted by atomic mass is 10.0. The average molecular weight is 367 g/mol. The summed E-state index contributed by atoms with van der Waals surface area (Å²) in [6.07, 6.45) is 0.886. The fourth-order valence-corrected chi connectivity index (χ4v) is 3.94. The van der Waals surface area contributed by atoms with Crippen molar-refractivity contribution in [3.05, 3.63) is 69.7 Å². The van der Waals surface area contributed by atoms with Gasteiger partial charge in [-0.1, -0.05) is 35.9 Å². The zero-order valence-electron chi connectivity index (χ0n) is 13.8. The predicted octanol–water partition coefficient (Wildman–Crippen LogP) is 5.81. The second kappa shape index (κ2) is 6.14. The fraction of sp³-hybridized carbons (Fsp3) is 0.100. The average Bonchev–Trinajstić information content (AvgIpc) is 3.17. The number of carbonyl (C=O) groups is 1. The van der Waals surface area contributed by atoms with Crippen LogP contribution < -0.4 is 0 Å². The van der Waals surface area contributed by atoms with Gasteiger partial charge in [-0.2, -0.15) is 0 Å². The molecule has 4 aromatic rings. The number of aldehydes is 1. The van der Waals surface area contributed by atoms with Crippen LogP contribution in [0.2, 0.25) is 5.02 Å². The van der Waals surface area contributed by atoms with E-state index in [0.29, 0.717) is 10.7 Å². The van der Waals surface area contributed by atoms with Crippen molar-refractivity contribution in [3.8, 4) is 22.5 Å². The first-order chi connectivity index (χ1) is 12.1. The van der Waals surface area contributed by atoms with E-state index < -0.39 is 0 Å². The normalized spacial score (nSPS) is 11.2. The Balaban J connectivity index is 1.95. The Bertz CT molecular complexity index is 1090. The van der Waals surface area contributed by atoms with E-state index in [1.54, 1.807) is 0 Å². The molecule has 0 aliphatic rings. The number of halogens is 1. The minimum atomic E-state index is 0.574. The Labute approximate surface area is 154 Å². The van der Waals surface area contributed by atoms with Crippen LogP contribution in [0.25, 0.3) is 27.5 Å². The standard InChI is InChI=1S/C20H15ClN2OS/c1-12-3-4-15(9-13(12)2)19-17(10-24)23-18(11-25-20(23)22-19)14-5-7-16(21)8-6-14/h3-11H,1-2H3. The Morgan fingerprint density at radius 3 is 2.44 bits per heavy atom. The first-order valence-electron chi connectivity index (χ1n) is 7.87. The summed E-state index contributed by atoms with van der Waals surface area (Å²) in [5.74, 6) is 0. The van der Waals surface area contributed by atoms with Gasteiger partial charge in [-0.25, -0.2) is 4.98 Å². The minimum Gasteiger partial charge on any atom is -0.296 e. The van der Waals surface area contributed by atoms with Crippen molar-refractivity contribution in [2.75, 3.05) is 0 Å². The lowest BCUT2D eigenvalue weighted by Gasteiger charge is -2.05. The number of fused-ring (bicyclic) bond motifs is 1. The number of hydrogen-bond donors (Lipinski definition) is 0. The number of carbonyl (C=O) groups excluding carboxylic acids is 1. The number of benzene rings is 2. The molecule has 2 heterocycles. The molecule has 0 atom stereocenters. The maximum atomic E-state index is 11.9. The number of imidazole rings is 1. The van der Waals surface area contributed by atoms with E-state index in [4.69, 9.17) is 16.6 Å². The van der Waals surface area contributed by atoms with E-state index >= 15 is 0 Å². The number of aryl methyl sites for hydroxylation is 2. The summed E-state index contributed by atoms with van der Waals surface area (Å²) >= 11 is 7.51. The zero-order valence-corrected chi connectivity index (χ0v) is 15.4. The largest absolute Gasteiger partial charge is 0.296 e. The van der Waals surface area contributed by atoms with Gasteiger partial charge in [0, 0.05) is 16.0 Å². The summed E-state index contributed by atoms with van der Waals surface area (Å²) in [5, 5.41) is 2.70. The van der Waals surface area contributed by atoms with Gasteiger partial charge >= 0.3 is 0 Å². The summed E-state index contributed by atoms with van der Waals surface area (Å²) in [7, 11) is 0. The van der Waals surface area contributed by atoms with Crippen LogP contribution in [-0.4, -0.2) is 15.7 Å². The van der Waals surface area contributed by atoms with Gasteiger partial charge < -0.3 is 0 Å². The minimum absolute atomic E-state index is 0.574. The summed E-state index contributed by atoms with van der Waals surface area (Å²) in [6.45, 7) is 4.14. The lowest BCUT2D eigenvalue weighted by Crippen LogP contribution is -1.94. The third-order valence-electron chi connectivity index (χ3n) is 4.43. The SMILES string of the molecule is Cc1ccc(-c2nc3scc(-c4ccc(Cl)cc4)n3c2C=O)cc1C. The Kier molecular flexibility index (Phi) is 3.94. The number of nitrogens with zero attached hydrogens (tertiary/aromatic N) is 2. The Morgan fingerprint density at radius 1 is 1.04 bits per heavy atom. The third kappa shape index (κ3) is 2.68. The lowest BCUT2D eigenvalue weighted by molar-refractivity contribution is 0.111. The van der Waals surface area contributed by atoms with E-state index in [1.165, 1.54) is 22.5 Å². The number of aromatic nitrogens is 2. The van der Waals surface area contributed by atoms with Crippen LogP contribution in [0.15, 0.2) is 47.8 Å². The van der Waals surface area contributed by atoms with Gasteiger partial charge in [0.05, 0.1) is 5.69 Å². The molecule has 0 spiro atoms. The van der Waals surface area contributed by atoms with Crippen LogP contribution in [0.1, 0.15) is 21.6 Å². The van der Waals surface area contributed by atoms with Gasteiger partial charge in [0.25, 0.3) is 0 Å². The molecule has 0 aliphatic carbocycles. The summed E-state index contributed by atoms with van der Waals surface area (Å²) in [6, 6.07) is 13.8.